The average molecular weight is 286 g/mol. The Balaban J connectivity index is 2.75. The highest BCUT2D eigenvalue weighted by molar-refractivity contribution is 5.96. The molecule has 1 unspecified atom stereocenters. The van der Waals surface area contributed by atoms with E-state index in [1.165, 1.54) is 7.11 Å². The number of allylic oxidation sites excluding steroid dienone is 1. The zero-order chi connectivity index (χ0) is 15.3. The smallest absolute Gasteiger partial charge is 0.172 e. The Hall–Kier alpha value is -1.26. The number of rotatable bonds is 8. The van der Waals surface area contributed by atoms with Crippen LogP contribution < -0.4 is 0 Å². The molecule has 0 radical (unpaired) electrons. The van der Waals surface area contributed by atoms with Crippen LogP contribution in [0.2, 0.25) is 0 Å². The van der Waals surface area contributed by atoms with Crippen LogP contribution in [0, 0.1) is 11.3 Å². The summed E-state index contributed by atoms with van der Waals surface area (Å²) >= 11 is 0. The van der Waals surface area contributed by atoms with E-state index in [1.807, 2.05) is 20.8 Å². The van der Waals surface area contributed by atoms with Crippen LogP contribution in [-0.2, 0) is 4.74 Å². The Kier molecular flexibility index (Phi) is 5.84. The maximum absolute atomic E-state index is 14.6. The van der Waals surface area contributed by atoms with E-state index in [4.69, 9.17) is 5.41 Å². The molecular formula is C15H24F2N2O. The van der Waals surface area contributed by atoms with Crippen molar-refractivity contribution in [3.05, 3.63) is 12.1 Å². The van der Waals surface area contributed by atoms with E-state index in [1.54, 1.807) is 0 Å². The number of nitrogens with one attached hydrogen (secondary N) is 1. The molecule has 1 N–H and O–H groups in total. The fourth-order valence-corrected chi connectivity index (χ4v) is 2.42. The van der Waals surface area contributed by atoms with Crippen molar-refractivity contribution in [1.29, 1.82) is 5.41 Å². The second-order valence-electron chi connectivity index (χ2n) is 5.56. The molecule has 1 fully saturated rings. The first-order valence-electron chi connectivity index (χ1n) is 7.01. The van der Waals surface area contributed by atoms with Gasteiger partial charge in [-0.2, -0.15) is 0 Å². The average Bonchev–Trinajstić information content (AvgIpc) is 2.99. The molecule has 0 aromatic carbocycles. The number of hydrogen-bond acceptors (Lipinski definition) is 3. The Morgan fingerprint density at radius 2 is 2.20 bits per heavy atom. The van der Waals surface area contributed by atoms with E-state index in [9.17, 15) is 8.78 Å². The van der Waals surface area contributed by atoms with Crippen LogP contribution in [0.4, 0.5) is 8.78 Å². The summed E-state index contributed by atoms with van der Waals surface area (Å²) in [6.07, 6.45) is 2.65. The van der Waals surface area contributed by atoms with E-state index in [0.29, 0.717) is 6.42 Å². The minimum atomic E-state index is -1.68. The predicted octanol–water partition coefficient (Wildman–Crippen LogP) is 4.23. The summed E-state index contributed by atoms with van der Waals surface area (Å²) in [6.45, 7) is 5.57. The van der Waals surface area contributed by atoms with Crippen LogP contribution in [0.1, 0.15) is 46.5 Å². The molecule has 3 atom stereocenters. The summed E-state index contributed by atoms with van der Waals surface area (Å²) in [5, 5.41) is 8.08. The van der Waals surface area contributed by atoms with Crippen LogP contribution in [0.25, 0.3) is 0 Å². The first kappa shape index (κ1) is 16.8. The number of alkyl halides is 1. The Morgan fingerprint density at radius 1 is 1.55 bits per heavy atom. The lowest BCUT2D eigenvalue weighted by molar-refractivity contribution is 0.314. The molecule has 0 aromatic heterocycles. The lowest BCUT2D eigenvalue weighted by atomic mass is 9.90. The Bertz CT molecular complexity index is 416. The minimum Gasteiger partial charge on any atom is -0.502 e. The summed E-state index contributed by atoms with van der Waals surface area (Å²) in [7, 11) is 1.37. The zero-order valence-corrected chi connectivity index (χ0v) is 12.7. The highest BCUT2D eigenvalue weighted by Crippen LogP contribution is 2.47. The summed E-state index contributed by atoms with van der Waals surface area (Å²) in [5.74, 6) is -0.875. The number of nitrogens with zero attached hydrogens (tertiary/aromatic N) is 1. The van der Waals surface area contributed by atoms with Gasteiger partial charge < -0.3 is 10.1 Å². The van der Waals surface area contributed by atoms with E-state index in [2.05, 4.69) is 9.73 Å². The van der Waals surface area contributed by atoms with Gasteiger partial charge in [0.05, 0.1) is 18.9 Å². The fraction of sp³-hybridized carbons (Fsp3) is 0.733. The maximum atomic E-state index is 14.6. The standard InChI is InChI=1S/C15H24F2N2O/c1-5-6-11(7-12(16)9-20-4)14(18)15(17)8-13(15)19-10(2)3/h9,11,13,18H,5-8H2,1-4H3/b12-9-,18-14?/t11-,13-,15?/m0/s1. The van der Waals surface area contributed by atoms with Gasteiger partial charge in [0.1, 0.15) is 12.1 Å². The summed E-state index contributed by atoms with van der Waals surface area (Å²) in [6, 6.07) is -0.464. The van der Waals surface area contributed by atoms with E-state index >= 15 is 0 Å². The first-order chi connectivity index (χ1) is 9.35. The fourth-order valence-electron chi connectivity index (χ4n) is 2.42. The van der Waals surface area contributed by atoms with Crippen LogP contribution in [0.15, 0.2) is 17.1 Å². The normalized spacial score (nSPS) is 26.9. The third kappa shape index (κ3) is 4.12. The van der Waals surface area contributed by atoms with E-state index in [-0.39, 0.29) is 18.6 Å². The predicted molar refractivity (Wildman–Crippen MR) is 78.0 cm³/mol. The van der Waals surface area contributed by atoms with E-state index < -0.39 is 23.5 Å². The van der Waals surface area contributed by atoms with Gasteiger partial charge in [0.2, 0.25) is 0 Å². The maximum Gasteiger partial charge on any atom is 0.172 e. The van der Waals surface area contributed by atoms with Crippen molar-refractivity contribution in [1.82, 2.24) is 0 Å². The van der Waals surface area contributed by atoms with Gasteiger partial charge in [-0.3, -0.25) is 4.99 Å². The van der Waals surface area contributed by atoms with Crippen molar-refractivity contribution in [3.8, 4) is 0 Å². The molecule has 114 valence electrons. The van der Waals surface area contributed by atoms with Gasteiger partial charge in [-0.1, -0.05) is 13.3 Å². The molecule has 20 heavy (non-hydrogen) atoms. The topological polar surface area (TPSA) is 45.4 Å². The zero-order valence-electron chi connectivity index (χ0n) is 12.7. The van der Waals surface area contributed by atoms with Crippen LogP contribution in [0.5, 0.6) is 0 Å². The van der Waals surface area contributed by atoms with Crippen molar-refractivity contribution in [2.75, 3.05) is 7.11 Å². The summed E-state index contributed by atoms with van der Waals surface area (Å²) in [4.78, 5) is 4.19. The van der Waals surface area contributed by atoms with Crippen LogP contribution in [0.3, 0.4) is 0 Å². The summed E-state index contributed by atoms with van der Waals surface area (Å²) in [5.41, 5.74) is -0.890. The lowest BCUT2D eigenvalue weighted by Gasteiger charge is -2.19. The van der Waals surface area contributed by atoms with Crippen LogP contribution >= 0.6 is 0 Å². The molecule has 3 nitrogen and oxygen atoms in total. The molecule has 0 aliphatic heterocycles. The molecule has 1 aliphatic rings. The quantitative estimate of drug-likeness (QED) is 0.526. The Labute approximate surface area is 119 Å². The van der Waals surface area contributed by atoms with Gasteiger partial charge in [0.15, 0.2) is 5.67 Å². The van der Waals surface area contributed by atoms with Crippen molar-refractivity contribution < 1.29 is 13.5 Å². The number of halogens is 2. The van der Waals surface area contributed by atoms with E-state index in [0.717, 1.165) is 18.4 Å². The SMILES string of the molecule is CCC[C@@H](C/C(F)=C/OC)C(=N)C1(F)C[C@@H]1N=C(C)C. The van der Waals surface area contributed by atoms with Gasteiger partial charge in [-0.25, -0.2) is 8.78 Å². The number of methoxy groups -OCH3 is 1. The van der Waals surface area contributed by atoms with Crippen molar-refractivity contribution >= 4 is 11.4 Å². The van der Waals surface area contributed by atoms with Gasteiger partial charge in [-0.05, 0) is 20.3 Å². The number of hydrogen-bond donors (Lipinski definition) is 1. The molecule has 5 heteroatoms. The third-order valence-corrected chi connectivity index (χ3v) is 3.45. The molecule has 0 bridgehead atoms. The molecule has 1 aliphatic carbocycles. The number of ether oxygens (including phenoxy) is 1. The largest absolute Gasteiger partial charge is 0.502 e. The lowest BCUT2D eigenvalue weighted by Crippen LogP contribution is -2.29. The molecule has 0 saturated heterocycles. The van der Waals surface area contributed by atoms with Crippen LogP contribution in [-0.4, -0.2) is 30.2 Å². The van der Waals surface area contributed by atoms with Gasteiger partial charge in [0, 0.05) is 24.5 Å². The van der Waals surface area contributed by atoms with Gasteiger partial charge in [-0.15, -0.1) is 0 Å². The summed E-state index contributed by atoms with van der Waals surface area (Å²) < 4.78 is 32.8. The van der Waals surface area contributed by atoms with Gasteiger partial charge in [0.25, 0.3) is 0 Å². The molecular weight excluding hydrogens is 262 g/mol. The number of aliphatic imine (C=N–C) groups is 1. The third-order valence-electron chi connectivity index (χ3n) is 3.45. The van der Waals surface area contributed by atoms with Crippen molar-refractivity contribution in [2.24, 2.45) is 10.9 Å². The molecule has 0 spiro atoms. The first-order valence-corrected chi connectivity index (χ1v) is 7.01. The molecule has 0 heterocycles. The molecule has 1 saturated carbocycles. The monoisotopic (exact) mass is 286 g/mol. The molecule has 1 rings (SSSR count). The van der Waals surface area contributed by atoms with Gasteiger partial charge >= 0.3 is 0 Å². The highest BCUT2D eigenvalue weighted by atomic mass is 19.1. The molecule has 0 aromatic rings. The molecule has 0 amide bonds. The second kappa shape index (κ2) is 6.95. The highest BCUT2D eigenvalue weighted by Gasteiger charge is 2.60. The minimum absolute atomic E-state index is 0.0194. The second-order valence-corrected chi connectivity index (χ2v) is 5.56. The Morgan fingerprint density at radius 3 is 2.70 bits per heavy atom. The van der Waals surface area contributed by atoms with Crippen molar-refractivity contribution in [3.63, 3.8) is 0 Å². The van der Waals surface area contributed by atoms with Crippen molar-refractivity contribution in [2.45, 2.75) is 58.2 Å².